The first-order valence-electron chi connectivity index (χ1n) is 9.46. The molecule has 2 atom stereocenters. The fourth-order valence-electron chi connectivity index (χ4n) is 3.78. The molecular weight excluding hydrogens is 382 g/mol. The van der Waals surface area contributed by atoms with Crippen molar-refractivity contribution in [1.29, 1.82) is 0 Å². The number of carbonyl (C=O) groups excluding carboxylic acids is 3. The van der Waals surface area contributed by atoms with E-state index in [2.05, 4.69) is 0 Å². The van der Waals surface area contributed by atoms with Gasteiger partial charge < -0.3 is 14.4 Å². The molecule has 1 aromatic carbocycles. The summed E-state index contributed by atoms with van der Waals surface area (Å²) in [6.07, 6.45) is 2.86. The smallest absolute Gasteiger partial charge is 0.326 e. The van der Waals surface area contributed by atoms with Crippen molar-refractivity contribution >= 4 is 29.2 Å². The number of ether oxygens (including phenoxy) is 2. The molecule has 0 spiro atoms. The van der Waals surface area contributed by atoms with Crippen LogP contribution in [0.15, 0.2) is 18.2 Å². The predicted octanol–water partition coefficient (Wildman–Crippen LogP) is 1.65. The second-order valence-electron chi connectivity index (χ2n) is 7.27. The number of rotatable bonds is 5. The number of nitro groups is 1. The first-order chi connectivity index (χ1) is 13.8. The summed E-state index contributed by atoms with van der Waals surface area (Å²) in [5, 5.41) is 11.0. The lowest BCUT2D eigenvalue weighted by Gasteiger charge is -2.38. The number of esters is 1. The molecule has 0 aliphatic carbocycles. The van der Waals surface area contributed by atoms with Gasteiger partial charge in [0, 0.05) is 24.2 Å². The van der Waals surface area contributed by atoms with E-state index in [-0.39, 0.29) is 41.7 Å². The molecule has 0 bridgehead atoms. The lowest BCUT2D eigenvalue weighted by Crippen LogP contribution is -2.49. The second-order valence-corrected chi connectivity index (χ2v) is 7.27. The zero-order chi connectivity index (χ0) is 21.1. The number of hydrogen-bond donors (Lipinski definition) is 0. The zero-order valence-corrected chi connectivity index (χ0v) is 16.3. The Balaban J connectivity index is 1.65. The predicted molar refractivity (Wildman–Crippen MR) is 102 cm³/mol. The molecule has 1 saturated heterocycles. The summed E-state index contributed by atoms with van der Waals surface area (Å²) in [7, 11) is 0. The van der Waals surface area contributed by atoms with Gasteiger partial charge in [-0.2, -0.15) is 0 Å². The van der Waals surface area contributed by atoms with E-state index in [0.717, 1.165) is 24.2 Å². The molecule has 2 amide bonds. The third-order valence-corrected chi connectivity index (χ3v) is 5.22. The average molecular weight is 405 g/mol. The summed E-state index contributed by atoms with van der Waals surface area (Å²) in [5.41, 5.74) is -0.110. The molecule has 2 aliphatic heterocycles. The molecule has 0 saturated carbocycles. The Morgan fingerprint density at radius 3 is 2.62 bits per heavy atom. The molecular formula is C19H23N3O7. The zero-order valence-electron chi connectivity index (χ0n) is 16.3. The van der Waals surface area contributed by atoms with Crippen molar-refractivity contribution in [3.63, 3.8) is 0 Å². The van der Waals surface area contributed by atoms with Crippen LogP contribution in [0.1, 0.15) is 33.1 Å². The summed E-state index contributed by atoms with van der Waals surface area (Å²) in [6.45, 7) is 2.76. The number of nitrogens with zero attached hydrogens (tertiary/aromatic N) is 3. The van der Waals surface area contributed by atoms with Gasteiger partial charge in [-0.25, -0.2) is 0 Å². The van der Waals surface area contributed by atoms with E-state index >= 15 is 0 Å². The van der Waals surface area contributed by atoms with Crippen molar-refractivity contribution in [2.75, 3.05) is 24.7 Å². The molecule has 10 heteroatoms. The van der Waals surface area contributed by atoms with Crippen LogP contribution in [0.2, 0.25) is 0 Å². The maximum Gasteiger partial charge on any atom is 0.326 e. The molecule has 1 aromatic rings. The number of likely N-dealkylation sites (tertiary alicyclic amines) is 1. The molecule has 3 rings (SSSR count). The number of benzene rings is 1. The highest BCUT2D eigenvalue weighted by atomic mass is 16.6. The van der Waals surface area contributed by atoms with E-state index in [9.17, 15) is 24.5 Å². The number of piperidine rings is 1. The van der Waals surface area contributed by atoms with Gasteiger partial charge in [0.1, 0.15) is 12.3 Å². The molecule has 156 valence electrons. The summed E-state index contributed by atoms with van der Waals surface area (Å²) >= 11 is 0. The van der Waals surface area contributed by atoms with Crippen LogP contribution in [0.4, 0.5) is 11.4 Å². The molecule has 2 aliphatic rings. The van der Waals surface area contributed by atoms with Crippen molar-refractivity contribution in [3.05, 3.63) is 28.3 Å². The third-order valence-electron chi connectivity index (χ3n) is 5.22. The molecule has 1 fully saturated rings. The monoisotopic (exact) mass is 405 g/mol. The van der Waals surface area contributed by atoms with Gasteiger partial charge in [0.2, 0.25) is 0 Å². The summed E-state index contributed by atoms with van der Waals surface area (Å²) in [5.74, 6) is -1.32. The number of anilines is 1. The Hall–Kier alpha value is -3.17. The summed E-state index contributed by atoms with van der Waals surface area (Å²) in [6, 6.07) is 3.96. The van der Waals surface area contributed by atoms with Crippen molar-refractivity contribution in [2.24, 2.45) is 0 Å². The van der Waals surface area contributed by atoms with Crippen LogP contribution < -0.4 is 9.64 Å². The van der Waals surface area contributed by atoms with Crippen LogP contribution in [-0.2, 0) is 19.1 Å². The SMILES string of the molecule is C[C@@H]1CCC[C@H](C)N1C(=O)COC(=O)CN1C(=O)COc2ccc([N+](=O)[O-])cc21. The molecule has 29 heavy (non-hydrogen) atoms. The van der Waals surface area contributed by atoms with Gasteiger partial charge in [-0.1, -0.05) is 0 Å². The Bertz CT molecular complexity index is 831. The van der Waals surface area contributed by atoms with Crippen LogP contribution in [0, 0.1) is 10.1 Å². The Labute approximate surface area is 167 Å². The Kier molecular flexibility index (Phi) is 6.00. The van der Waals surface area contributed by atoms with E-state index in [0.29, 0.717) is 0 Å². The highest BCUT2D eigenvalue weighted by Crippen LogP contribution is 2.35. The van der Waals surface area contributed by atoms with E-state index < -0.39 is 30.0 Å². The summed E-state index contributed by atoms with van der Waals surface area (Å²) in [4.78, 5) is 50.1. The maximum absolute atomic E-state index is 12.5. The lowest BCUT2D eigenvalue weighted by atomic mass is 9.97. The van der Waals surface area contributed by atoms with Gasteiger partial charge in [0.05, 0.1) is 10.6 Å². The number of carbonyl (C=O) groups is 3. The average Bonchev–Trinajstić information content (AvgIpc) is 2.68. The largest absolute Gasteiger partial charge is 0.482 e. The van der Waals surface area contributed by atoms with Crippen molar-refractivity contribution in [1.82, 2.24) is 4.90 Å². The number of fused-ring (bicyclic) bond motifs is 1. The standard InChI is InChI=1S/C19H23N3O7/c1-12-4-3-5-13(2)21(12)18(24)11-29-19(25)9-20-15-8-14(22(26)27)6-7-16(15)28-10-17(20)23/h6-8,12-13H,3-5,9-11H2,1-2H3/t12-,13+. The maximum atomic E-state index is 12.5. The van der Waals surface area contributed by atoms with E-state index in [4.69, 9.17) is 9.47 Å². The lowest BCUT2D eigenvalue weighted by molar-refractivity contribution is -0.384. The minimum Gasteiger partial charge on any atom is -0.482 e. The number of non-ortho nitro benzene ring substituents is 1. The van der Waals surface area contributed by atoms with Gasteiger partial charge in [0.15, 0.2) is 13.2 Å². The van der Waals surface area contributed by atoms with Crippen LogP contribution in [-0.4, -0.2) is 59.4 Å². The van der Waals surface area contributed by atoms with Gasteiger partial charge in [-0.05, 0) is 39.2 Å². The fraction of sp³-hybridized carbons (Fsp3) is 0.526. The molecule has 0 aromatic heterocycles. The first kappa shape index (κ1) is 20.6. The normalized spacial score (nSPS) is 21.2. The van der Waals surface area contributed by atoms with Crippen LogP contribution in [0.5, 0.6) is 5.75 Å². The molecule has 0 unspecified atom stereocenters. The van der Waals surface area contributed by atoms with Gasteiger partial charge >= 0.3 is 5.97 Å². The van der Waals surface area contributed by atoms with Gasteiger partial charge in [-0.15, -0.1) is 0 Å². The van der Waals surface area contributed by atoms with E-state index in [1.165, 1.54) is 18.2 Å². The van der Waals surface area contributed by atoms with E-state index in [1.54, 1.807) is 4.90 Å². The molecule has 0 radical (unpaired) electrons. The minimum absolute atomic E-state index is 0.0817. The Morgan fingerprint density at radius 1 is 1.28 bits per heavy atom. The first-order valence-corrected chi connectivity index (χ1v) is 9.46. The second kappa shape index (κ2) is 8.46. The number of hydrogen-bond acceptors (Lipinski definition) is 7. The van der Waals surface area contributed by atoms with Crippen LogP contribution >= 0.6 is 0 Å². The molecule has 2 heterocycles. The van der Waals surface area contributed by atoms with Gasteiger partial charge in [0.25, 0.3) is 17.5 Å². The van der Waals surface area contributed by atoms with E-state index in [1.807, 2.05) is 13.8 Å². The topological polar surface area (TPSA) is 119 Å². The van der Waals surface area contributed by atoms with Gasteiger partial charge in [-0.3, -0.25) is 29.4 Å². The number of amides is 2. The number of nitro benzene ring substituents is 1. The Morgan fingerprint density at radius 2 is 1.97 bits per heavy atom. The van der Waals surface area contributed by atoms with Crippen molar-refractivity contribution < 1.29 is 28.8 Å². The summed E-state index contributed by atoms with van der Waals surface area (Å²) < 4.78 is 10.4. The molecule has 10 nitrogen and oxygen atoms in total. The highest BCUT2D eigenvalue weighted by molar-refractivity contribution is 6.01. The van der Waals surface area contributed by atoms with Crippen LogP contribution in [0.3, 0.4) is 0 Å². The minimum atomic E-state index is -0.775. The fourth-order valence-corrected chi connectivity index (χ4v) is 3.78. The highest BCUT2D eigenvalue weighted by Gasteiger charge is 2.32. The third kappa shape index (κ3) is 4.47. The van der Waals surface area contributed by atoms with Crippen molar-refractivity contribution in [2.45, 2.75) is 45.2 Å². The van der Waals surface area contributed by atoms with Crippen LogP contribution in [0.25, 0.3) is 0 Å². The van der Waals surface area contributed by atoms with Crippen molar-refractivity contribution in [3.8, 4) is 5.75 Å². The quantitative estimate of drug-likeness (QED) is 0.415. The molecule has 0 N–H and O–H groups in total.